The first-order chi connectivity index (χ1) is 11.7. The molecule has 1 saturated heterocycles. The van der Waals surface area contributed by atoms with Gasteiger partial charge in [-0.05, 0) is 25.8 Å². The van der Waals surface area contributed by atoms with Crippen LogP contribution < -0.4 is 4.90 Å². The van der Waals surface area contributed by atoms with Crippen molar-refractivity contribution in [2.24, 2.45) is 0 Å². The summed E-state index contributed by atoms with van der Waals surface area (Å²) >= 11 is 0. The molecular formula is C17H22N6O. The Kier molecular flexibility index (Phi) is 3.92. The number of piperazine rings is 1. The molecule has 1 fully saturated rings. The van der Waals surface area contributed by atoms with Gasteiger partial charge in [-0.15, -0.1) is 0 Å². The highest BCUT2D eigenvalue weighted by atomic mass is 16.2. The Morgan fingerprint density at radius 2 is 1.88 bits per heavy atom. The third-order valence-corrected chi connectivity index (χ3v) is 5.01. The number of anilines is 1. The molecule has 4 heterocycles. The van der Waals surface area contributed by atoms with E-state index in [4.69, 9.17) is 0 Å². The smallest absolute Gasteiger partial charge is 0.231 e. The van der Waals surface area contributed by atoms with Gasteiger partial charge in [0.2, 0.25) is 5.91 Å². The number of fused-ring (bicyclic) bond motifs is 1. The average molecular weight is 326 g/mol. The average Bonchev–Trinajstić information content (AvgIpc) is 3.10. The molecule has 2 aromatic heterocycles. The van der Waals surface area contributed by atoms with Crippen LogP contribution in [-0.4, -0.2) is 56.7 Å². The van der Waals surface area contributed by atoms with Gasteiger partial charge in [0.25, 0.3) is 0 Å². The summed E-state index contributed by atoms with van der Waals surface area (Å²) in [6.07, 6.45) is 7.18. The maximum absolute atomic E-state index is 13.0. The maximum atomic E-state index is 13.0. The van der Waals surface area contributed by atoms with Gasteiger partial charge in [-0.25, -0.2) is 4.98 Å². The van der Waals surface area contributed by atoms with Gasteiger partial charge in [-0.3, -0.25) is 14.5 Å². The lowest BCUT2D eigenvalue weighted by molar-refractivity contribution is -0.133. The lowest BCUT2D eigenvalue weighted by Crippen LogP contribution is -2.50. The predicted octanol–water partition coefficient (Wildman–Crippen LogP) is 1.21. The van der Waals surface area contributed by atoms with Crippen molar-refractivity contribution in [2.75, 3.05) is 31.1 Å². The standard InChI is InChI=1S/C17H22N6O/c1-13-16(19-7-6-18-13)21-9-11-22(12-10-21)17(24)14-3-2-8-23-15(14)4-5-20-23/h4-7,14H,2-3,8-12H2,1H3. The van der Waals surface area contributed by atoms with Gasteiger partial charge in [-0.1, -0.05) is 0 Å². The zero-order chi connectivity index (χ0) is 16.5. The second kappa shape index (κ2) is 6.22. The van der Waals surface area contributed by atoms with E-state index in [0.29, 0.717) is 0 Å². The van der Waals surface area contributed by atoms with Crippen molar-refractivity contribution in [1.29, 1.82) is 0 Å². The van der Waals surface area contributed by atoms with Crippen LogP contribution in [0.2, 0.25) is 0 Å². The first-order valence-electron chi connectivity index (χ1n) is 8.57. The van der Waals surface area contributed by atoms with Gasteiger partial charge in [0.05, 0.1) is 17.3 Å². The SMILES string of the molecule is Cc1nccnc1N1CCN(C(=O)C2CCCn3nccc32)CC1. The summed E-state index contributed by atoms with van der Waals surface area (Å²) in [6, 6.07) is 1.99. The van der Waals surface area contributed by atoms with Gasteiger partial charge in [-0.2, -0.15) is 5.10 Å². The molecule has 0 bridgehead atoms. The normalized spacial score (nSPS) is 20.8. The molecule has 2 aliphatic heterocycles. The molecule has 24 heavy (non-hydrogen) atoms. The van der Waals surface area contributed by atoms with Crippen molar-refractivity contribution < 1.29 is 4.79 Å². The molecule has 0 aliphatic carbocycles. The minimum atomic E-state index is -0.0361. The van der Waals surface area contributed by atoms with Crippen molar-refractivity contribution in [3.05, 3.63) is 36.0 Å². The number of carbonyl (C=O) groups excluding carboxylic acids is 1. The zero-order valence-electron chi connectivity index (χ0n) is 13.9. The third kappa shape index (κ3) is 2.64. The second-order valence-corrected chi connectivity index (χ2v) is 6.45. The Morgan fingerprint density at radius 1 is 1.08 bits per heavy atom. The van der Waals surface area contributed by atoms with Crippen LogP contribution in [0.1, 0.15) is 30.1 Å². The van der Waals surface area contributed by atoms with Crippen molar-refractivity contribution in [3.8, 4) is 0 Å². The Balaban J connectivity index is 1.43. The highest BCUT2D eigenvalue weighted by Crippen LogP contribution is 2.29. The number of nitrogens with zero attached hydrogens (tertiary/aromatic N) is 6. The summed E-state index contributed by atoms with van der Waals surface area (Å²) in [5.41, 5.74) is 2.01. The molecule has 7 heteroatoms. The lowest BCUT2D eigenvalue weighted by Gasteiger charge is -2.37. The summed E-state index contributed by atoms with van der Waals surface area (Å²) < 4.78 is 1.98. The van der Waals surface area contributed by atoms with E-state index >= 15 is 0 Å². The van der Waals surface area contributed by atoms with E-state index in [0.717, 1.165) is 62.8 Å². The minimum Gasteiger partial charge on any atom is -0.352 e. The van der Waals surface area contributed by atoms with Crippen molar-refractivity contribution in [1.82, 2.24) is 24.6 Å². The molecule has 0 saturated carbocycles. The number of aromatic nitrogens is 4. The molecule has 0 spiro atoms. The van der Waals surface area contributed by atoms with E-state index < -0.39 is 0 Å². The molecule has 1 unspecified atom stereocenters. The first kappa shape index (κ1) is 15.1. The zero-order valence-corrected chi connectivity index (χ0v) is 13.9. The van der Waals surface area contributed by atoms with Crippen LogP contribution in [0.25, 0.3) is 0 Å². The van der Waals surface area contributed by atoms with Gasteiger partial charge in [0, 0.05) is 51.3 Å². The topological polar surface area (TPSA) is 67.2 Å². The molecule has 2 aromatic rings. The van der Waals surface area contributed by atoms with E-state index in [-0.39, 0.29) is 11.8 Å². The van der Waals surface area contributed by atoms with Crippen LogP contribution in [0.5, 0.6) is 0 Å². The summed E-state index contributed by atoms with van der Waals surface area (Å²) in [5, 5.41) is 4.32. The number of carbonyl (C=O) groups is 1. The van der Waals surface area contributed by atoms with Crippen LogP contribution in [0.4, 0.5) is 5.82 Å². The summed E-state index contributed by atoms with van der Waals surface area (Å²) in [7, 11) is 0. The second-order valence-electron chi connectivity index (χ2n) is 6.45. The number of rotatable bonds is 2. The Labute approximate surface area is 141 Å². The number of hydrogen-bond acceptors (Lipinski definition) is 5. The van der Waals surface area contributed by atoms with E-state index in [2.05, 4.69) is 20.0 Å². The summed E-state index contributed by atoms with van der Waals surface area (Å²) in [6.45, 7) is 5.97. The molecule has 4 rings (SSSR count). The molecule has 0 radical (unpaired) electrons. The van der Waals surface area contributed by atoms with Gasteiger partial charge >= 0.3 is 0 Å². The van der Waals surface area contributed by atoms with E-state index in [9.17, 15) is 4.79 Å². The monoisotopic (exact) mass is 326 g/mol. The highest BCUT2D eigenvalue weighted by Gasteiger charge is 2.32. The van der Waals surface area contributed by atoms with Crippen LogP contribution in [0.15, 0.2) is 24.7 Å². The van der Waals surface area contributed by atoms with E-state index in [1.54, 1.807) is 18.6 Å². The third-order valence-electron chi connectivity index (χ3n) is 5.01. The molecule has 1 amide bonds. The molecule has 2 aliphatic rings. The molecule has 7 nitrogen and oxygen atoms in total. The van der Waals surface area contributed by atoms with Gasteiger partial charge < -0.3 is 9.80 Å². The predicted molar refractivity (Wildman–Crippen MR) is 89.8 cm³/mol. The van der Waals surface area contributed by atoms with Crippen LogP contribution >= 0.6 is 0 Å². The van der Waals surface area contributed by atoms with Crippen molar-refractivity contribution in [2.45, 2.75) is 32.2 Å². The summed E-state index contributed by atoms with van der Waals surface area (Å²) in [5.74, 6) is 1.14. The van der Waals surface area contributed by atoms with Crippen LogP contribution in [-0.2, 0) is 11.3 Å². The summed E-state index contributed by atoms with van der Waals surface area (Å²) in [4.78, 5) is 25.9. The van der Waals surface area contributed by atoms with Crippen molar-refractivity contribution >= 4 is 11.7 Å². The Morgan fingerprint density at radius 3 is 2.67 bits per heavy atom. The van der Waals surface area contributed by atoms with Crippen LogP contribution in [0.3, 0.4) is 0 Å². The number of amides is 1. The molecule has 0 N–H and O–H groups in total. The van der Waals surface area contributed by atoms with Crippen molar-refractivity contribution in [3.63, 3.8) is 0 Å². The number of hydrogen-bond donors (Lipinski definition) is 0. The fraction of sp³-hybridized carbons (Fsp3) is 0.529. The molecule has 0 aromatic carbocycles. The van der Waals surface area contributed by atoms with Gasteiger partial charge in [0.15, 0.2) is 0 Å². The molecule has 126 valence electrons. The Bertz CT molecular complexity index is 734. The minimum absolute atomic E-state index is 0.0361. The fourth-order valence-corrected chi connectivity index (χ4v) is 3.74. The molecule has 1 atom stereocenters. The lowest BCUT2D eigenvalue weighted by atomic mass is 9.94. The van der Waals surface area contributed by atoms with E-state index in [1.165, 1.54) is 0 Å². The van der Waals surface area contributed by atoms with Crippen LogP contribution in [0, 0.1) is 6.92 Å². The van der Waals surface area contributed by atoms with Gasteiger partial charge in [0.1, 0.15) is 5.82 Å². The quantitative estimate of drug-likeness (QED) is 0.830. The number of aryl methyl sites for hydroxylation is 2. The first-order valence-corrected chi connectivity index (χ1v) is 8.57. The van der Waals surface area contributed by atoms with E-state index in [1.807, 2.05) is 22.6 Å². The maximum Gasteiger partial charge on any atom is 0.231 e. The largest absolute Gasteiger partial charge is 0.352 e. The molecular weight excluding hydrogens is 304 g/mol. The fourth-order valence-electron chi connectivity index (χ4n) is 3.74. The highest BCUT2D eigenvalue weighted by molar-refractivity contribution is 5.83. The Hall–Kier alpha value is -2.44.